The maximum Gasteiger partial charge on any atom is 0.0373 e. The van der Waals surface area contributed by atoms with E-state index >= 15 is 0 Å². The molecule has 0 aliphatic carbocycles. The van der Waals surface area contributed by atoms with Crippen LogP contribution in [0.25, 0.3) is 0 Å². The van der Waals surface area contributed by atoms with Crippen LogP contribution < -0.4 is 5.32 Å². The minimum Gasteiger partial charge on any atom is -0.384 e. The Morgan fingerprint density at radius 2 is 2.00 bits per heavy atom. The number of likely N-dealkylation sites (tertiary alicyclic amines) is 1. The second kappa shape index (κ2) is 5.77. The molecule has 3 atom stereocenters. The first kappa shape index (κ1) is 13.9. The first-order valence-electron chi connectivity index (χ1n) is 8.21. The van der Waals surface area contributed by atoms with Crippen molar-refractivity contribution in [3.05, 3.63) is 29.3 Å². The number of piperidine rings is 1. The summed E-state index contributed by atoms with van der Waals surface area (Å²) in [4.78, 5) is 2.70. The van der Waals surface area contributed by atoms with Gasteiger partial charge in [0.2, 0.25) is 0 Å². The van der Waals surface area contributed by atoms with Crippen LogP contribution in [0.15, 0.2) is 18.2 Å². The van der Waals surface area contributed by atoms with Crippen molar-refractivity contribution in [1.29, 1.82) is 0 Å². The number of hydrogen-bond acceptors (Lipinski definition) is 2. The first-order chi connectivity index (χ1) is 9.61. The Hall–Kier alpha value is -1.02. The molecule has 0 bridgehead atoms. The summed E-state index contributed by atoms with van der Waals surface area (Å²) in [5.74, 6) is 1.70. The number of benzene rings is 1. The minimum absolute atomic E-state index is 0.660. The van der Waals surface area contributed by atoms with Crippen LogP contribution in [0.5, 0.6) is 0 Å². The van der Waals surface area contributed by atoms with Gasteiger partial charge in [0.25, 0.3) is 0 Å². The fourth-order valence-electron chi connectivity index (χ4n) is 4.03. The summed E-state index contributed by atoms with van der Waals surface area (Å²) in [6.07, 6.45) is 3.77. The van der Waals surface area contributed by atoms with E-state index in [0.717, 1.165) is 18.4 Å². The third-order valence-corrected chi connectivity index (χ3v) is 4.93. The lowest BCUT2D eigenvalue weighted by Gasteiger charge is -2.39. The zero-order valence-electron chi connectivity index (χ0n) is 13.2. The van der Waals surface area contributed by atoms with Crippen molar-refractivity contribution >= 4 is 5.69 Å². The third-order valence-electron chi connectivity index (χ3n) is 4.93. The normalized spacial score (nSPS) is 27.9. The van der Waals surface area contributed by atoms with Gasteiger partial charge in [-0.15, -0.1) is 0 Å². The predicted molar refractivity (Wildman–Crippen MR) is 86.3 cm³/mol. The molecule has 2 aliphatic rings. The SMILES string of the molecule is CC1CC(C)CN(C(C)Cc2ccc3c(c2)CCN3)C1. The smallest absolute Gasteiger partial charge is 0.0373 e. The van der Waals surface area contributed by atoms with Crippen molar-refractivity contribution < 1.29 is 0 Å². The highest BCUT2D eigenvalue weighted by Gasteiger charge is 2.25. The molecule has 110 valence electrons. The van der Waals surface area contributed by atoms with E-state index in [-0.39, 0.29) is 0 Å². The lowest BCUT2D eigenvalue weighted by atomic mass is 9.90. The molecule has 0 spiro atoms. The molecule has 1 N–H and O–H groups in total. The number of rotatable bonds is 3. The largest absolute Gasteiger partial charge is 0.384 e. The van der Waals surface area contributed by atoms with Crippen LogP contribution in [-0.4, -0.2) is 30.6 Å². The number of hydrogen-bond donors (Lipinski definition) is 1. The van der Waals surface area contributed by atoms with Gasteiger partial charge in [0, 0.05) is 31.4 Å². The summed E-state index contributed by atoms with van der Waals surface area (Å²) < 4.78 is 0. The van der Waals surface area contributed by atoms with Gasteiger partial charge in [-0.3, -0.25) is 4.90 Å². The van der Waals surface area contributed by atoms with Gasteiger partial charge in [0.05, 0.1) is 0 Å². The average molecular weight is 272 g/mol. The van der Waals surface area contributed by atoms with Gasteiger partial charge in [0.1, 0.15) is 0 Å². The molecule has 1 aromatic rings. The van der Waals surface area contributed by atoms with Gasteiger partial charge >= 0.3 is 0 Å². The van der Waals surface area contributed by atoms with Crippen molar-refractivity contribution in [3.8, 4) is 0 Å². The van der Waals surface area contributed by atoms with Crippen molar-refractivity contribution in [1.82, 2.24) is 4.90 Å². The fraction of sp³-hybridized carbons (Fsp3) is 0.667. The summed E-state index contributed by atoms with van der Waals surface area (Å²) in [5.41, 5.74) is 4.36. The Morgan fingerprint density at radius 3 is 2.75 bits per heavy atom. The number of anilines is 1. The molecule has 2 aliphatic heterocycles. The molecule has 3 unspecified atom stereocenters. The van der Waals surface area contributed by atoms with Crippen molar-refractivity contribution in [3.63, 3.8) is 0 Å². The van der Waals surface area contributed by atoms with E-state index in [1.54, 1.807) is 0 Å². The van der Waals surface area contributed by atoms with Gasteiger partial charge in [-0.25, -0.2) is 0 Å². The molecule has 0 saturated carbocycles. The number of nitrogens with one attached hydrogen (secondary N) is 1. The summed E-state index contributed by atoms with van der Waals surface area (Å²) >= 11 is 0. The Balaban J connectivity index is 1.65. The zero-order chi connectivity index (χ0) is 14.1. The number of fused-ring (bicyclic) bond motifs is 1. The Kier molecular flexibility index (Phi) is 4.02. The van der Waals surface area contributed by atoms with E-state index in [1.807, 2.05) is 0 Å². The molecule has 3 rings (SSSR count). The summed E-state index contributed by atoms with van der Waals surface area (Å²) in [7, 11) is 0. The second-order valence-electron chi connectivity index (χ2n) is 7.12. The molecule has 20 heavy (non-hydrogen) atoms. The van der Waals surface area contributed by atoms with Crippen molar-refractivity contribution in [2.24, 2.45) is 11.8 Å². The topological polar surface area (TPSA) is 15.3 Å². The predicted octanol–water partition coefficient (Wildman–Crippen LogP) is 3.56. The maximum absolute atomic E-state index is 3.45. The molecular weight excluding hydrogens is 244 g/mol. The molecule has 1 saturated heterocycles. The Morgan fingerprint density at radius 1 is 1.25 bits per heavy atom. The van der Waals surface area contributed by atoms with Crippen LogP contribution in [0.3, 0.4) is 0 Å². The minimum atomic E-state index is 0.660. The molecule has 2 heteroatoms. The van der Waals surface area contributed by atoms with Crippen molar-refractivity contribution in [2.75, 3.05) is 25.0 Å². The Labute approximate surface area is 123 Å². The quantitative estimate of drug-likeness (QED) is 0.905. The van der Waals surface area contributed by atoms with E-state index in [9.17, 15) is 0 Å². The molecule has 0 amide bonds. The molecule has 1 fully saturated rings. The van der Waals surface area contributed by atoms with E-state index in [2.05, 4.69) is 49.2 Å². The lowest BCUT2D eigenvalue weighted by Crippen LogP contribution is -2.44. The lowest BCUT2D eigenvalue weighted by molar-refractivity contribution is 0.103. The highest BCUT2D eigenvalue weighted by molar-refractivity contribution is 5.56. The van der Waals surface area contributed by atoms with Gasteiger partial charge in [-0.1, -0.05) is 26.0 Å². The van der Waals surface area contributed by atoms with E-state index in [1.165, 1.54) is 49.2 Å². The van der Waals surface area contributed by atoms with E-state index in [0.29, 0.717) is 6.04 Å². The second-order valence-corrected chi connectivity index (χ2v) is 7.12. The van der Waals surface area contributed by atoms with Crippen molar-refractivity contribution in [2.45, 2.75) is 46.1 Å². The number of nitrogens with zero attached hydrogens (tertiary/aromatic N) is 1. The molecule has 0 aromatic heterocycles. The van der Waals surface area contributed by atoms with Crippen LogP contribution in [0.1, 0.15) is 38.3 Å². The van der Waals surface area contributed by atoms with Crippen LogP contribution in [0.4, 0.5) is 5.69 Å². The van der Waals surface area contributed by atoms with Gasteiger partial charge in [-0.2, -0.15) is 0 Å². The van der Waals surface area contributed by atoms with Crippen LogP contribution >= 0.6 is 0 Å². The first-order valence-corrected chi connectivity index (χ1v) is 8.21. The van der Waals surface area contributed by atoms with E-state index in [4.69, 9.17) is 0 Å². The standard InChI is InChI=1S/C18H28N2/c1-13-8-14(2)12-20(11-13)15(3)9-16-4-5-18-17(10-16)6-7-19-18/h4-5,10,13-15,19H,6-9,11-12H2,1-3H3. The molecular formula is C18H28N2. The van der Waals surface area contributed by atoms with Crippen LogP contribution in [0, 0.1) is 11.8 Å². The highest BCUT2D eigenvalue weighted by atomic mass is 15.2. The fourth-order valence-corrected chi connectivity index (χ4v) is 4.03. The van der Waals surface area contributed by atoms with Gasteiger partial charge < -0.3 is 5.32 Å². The average Bonchev–Trinajstić information content (AvgIpc) is 2.85. The summed E-state index contributed by atoms with van der Waals surface area (Å²) in [6.45, 7) is 10.9. The van der Waals surface area contributed by atoms with Crippen LogP contribution in [-0.2, 0) is 12.8 Å². The monoisotopic (exact) mass is 272 g/mol. The maximum atomic E-state index is 3.45. The molecule has 1 aromatic carbocycles. The highest BCUT2D eigenvalue weighted by Crippen LogP contribution is 2.26. The Bertz CT molecular complexity index is 458. The molecule has 0 radical (unpaired) electrons. The zero-order valence-corrected chi connectivity index (χ0v) is 13.2. The van der Waals surface area contributed by atoms with Crippen LogP contribution in [0.2, 0.25) is 0 Å². The van der Waals surface area contributed by atoms with Gasteiger partial charge in [0.15, 0.2) is 0 Å². The van der Waals surface area contributed by atoms with Gasteiger partial charge in [-0.05, 0) is 55.2 Å². The molecule has 2 heterocycles. The summed E-state index contributed by atoms with van der Waals surface area (Å²) in [5, 5.41) is 3.45. The molecule has 2 nitrogen and oxygen atoms in total. The third kappa shape index (κ3) is 3.01. The summed E-state index contributed by atoms with van der Waals surface area (Å²) in [6, 6.07) is 7.66. The van der Waals surface area contributed by atoms with E-state index < -0.39 is 0 Å².